The maximum absolute atomic E-state index is 10.0. The number of aromatic nitrogens is 1. The molecule has 1 fully saturated rings. The van der Waals surface area contributed by atoms with Crippen molar-refractivity contribution in [1.82, 2.24) is 4.57 Å². The van der Waals surface area contributed by atoms with Crippen LogP contribution < -0.4 is 0 Å². The van der Waals surface area contributed by atoms with E-state index in [1.165, 1.54) is 49.2 Å². The van der Waals surface area contributed by atoms with Crippen molar-refractivity contribution < 1.29 is 5.11 Å². The Morgan fingerprint density at radius 1 is 1.24 bits per heavy atom. The van der Waals surface area contributed by atoms with Crippen molar-refractivity contribution in [2.45, 2.75) is 64.5 Å². The molecule has 1 heterocycles. The van der Waals surface area contributed by atoms with Gasteiger partial charge in [0.25, 0.3) is 0 Å². The molecule has 3 rings (SSSR count). The topological polar surface area (TPSA) is 25.2 Å². The van der Waals surface area contributed by atoms with E-state index in [0.29, 0.717) is 0 Å². The van der Waals surface area contributed by atoms with Crippen LogP contribution in [0.3, 0.4) is 0 Å². The van der Waals surface area contributed by atoms with Crippen LogP contribution in [0.5, 0.6) is 0 Å². The molecule has 94 valence electrons. The normalized spacial score (nSPS) is 25.2. The molecule has 0 bridgehead atoms. The van der Waals surface area contributed by atoms with Crippen molar-refractivity contribution in [3.05, 3.63) is 23.0 Å². The Kier molecular flexibility index (Phi) is 2.99. The van der Waals surface area contributed by atoms with Gasteiger partial charge in [0.05, 0.1) is 6.10 Å². The van der Waals surface area contributed by atoms with Gasteiger partial charge in [-0.2, -0.15) is 0 Å². The molecule has 1 saturated carbocycles. The highest BCUT2D eigenvalue weighted by molar-refractivity contribution is 5.31. The molecule has 0 radical (unpaired) electrons. The number of fused-ring (bicyclic) bond motifs is 1. The molecule has 2 nitrogen and oxygen atoms in total. The number of aliphatic hydroxyl groups excluding tert-OH is 1. The molecule has 0 saturated heterocycles. The molecule has 1 unspecified atom stereocenters. The van der Waals surface area contributed by atoms with Crippen molar-refractivity contribution in [3.8, 4) is 0 Å². The standard InChI is InChI=1S/C15H23NO/c1-11-9-13-14(7-4-8-15(13)17)16(11)10-12-5-2-3-6-12/h9,12,15,17H,2-8,10H2,1H3. The van der Waals surface area contributed by atoms with Gasteiger partial charge in [-0.15, -0.1) is 0 Å². The van der Waals surface area contributed by atoms with Crippen molar-refractivity contribution in [2.24, 2.45) is 5.92 Å². The van der Waals surface area contributed by atoms with E-state index in [0.717, 1.165) is 25.2 Å². The van der Waals surface area contributed by atoms with Crippen molar-refractivity contribution in [2.75, 3.05) is 0 Å². The third kappa shape index (κ3) is 2.03. The quantitative estimate of drug-likeness (QED) is 0.832. The van der Waals surface area contributed by atoms with Gasteiger partial charge in [0.15, 0.2) is 0 Å². The van der Waals surface area contributed by atoms with Crippen LogP contribution in [0.1, 0.15) is 61.6 Å². The van der Waals surface area contributed by atoms with Gasteiger partial charge in [-0.3, -0.25) is 0 Å². The SMILES string of the molecule is Cc1cc2c(n1CC1CCCC1)CCCC2O. The summed E-state index contributed by atoms with van der Waals surface area (Å²) >= 11 is 0. The molecule has 2 heteroatoms. The first kappa shape index (κ1) is 11.3. The second kappa shape index (κ2) is 4.49. The summed E-state index contributed by atoms with van der Waals surface area (Å²) in [6.07, 6.45) is 8.66. The molecule has 2 aliphatic rings. The highest BCUT2D eigenvalue weighted by Gasteiger charge is 2.25. The van der Waals surface area contributed by atoms with E-state index in [1.807, 2.05) is 0 Å². The van der Waals surface area contributed by atoms with Crippen molar-refractivity contribution in [1.29, 1.82) is 0 Å². The van der Waals surface area contributed by atoms with Crippen molar-refractivity contribution >= 4 is 0 Å². The van der Waals surface area contributed by atoms with Gasteiger partial charge >= 0.3 is 0 Å². The molecular weight excluding hydrogens is 210 g/mol. The van der Waals surface area contributed by atoms with E-state index in [4.69, 9.17) is 0 Å². The number of hydrogen-bond donors (Lipinski definition) is 1. The van der Waals surface area contributed by atoms with Crippen LogP contribution in [0, 0.1) is 12.8 Å². The van der Waals surface area contributed by atoms with Gasteiger partial charge in [-0.05, 0) is 51.0 Å². The van der Waals surface area contributed by atoms with Crippen LogP contribution in [0.25, 0.3) is 0 Å². The lowest BCUT2D eigenvalue weighted by Crippen LogP contribution is -2.15. The second-order valence-corrected chi connectivity index (χ2v) is 5.86. The van der Waals surface area contributed by atoms with Crippen LogP contribution in [-0.2, 0) is 13.0 Å². The van der Waals surface area contributed by atoms with Crippen LogP contribution in [0.2, 0.25) is 0 Å². The number of rotatable bonds is 2. The average molecular weight is 233 g/mol. The smallest absolute Gasteiger partial charge is 0.0807 e. The average Bonchev–Trinajstić information content (AvgIpc) is 2.91. The number of hydrogen-bond acceptors (Lipinski definition) is 1. The van der Waals surface area contributed by atoms with E-state index in [2.05, 4.69) is 17.6 Å². The van der Waals surface area contributed by atoms with Crippen LogP contribution in [0.15, 0.2) is 6.07 Å². The molecule has 1 N–H and O–H groups in total. The summed E-state index contributed by atoms with van der Waals surface area (Å²) < 4.78 is 2.49. The Hall–Kier alpha value is -0.760. The summed E-state index contributed by atoms with van der Waals surface area (Å²) in [7, 11) is 0. The van der Waals surface area contributed by atoms with E-state index in [9.17, 15) is 5.11 Å². The van der Waals surface area contributed by atoms with Crippen LogP contribution in [-0.4, -0.2) is 9.67 Å². The molecular formula is C15H23NO. The molecule has 0 aromatic carbocycles. The zero-order chi connectivity index (χ0) is 11.8. The van der Waals surface area contributed by atoms with E-state index in [-0.39, 0.29) is 6.10 Å². The van der Waals surface area contributed by atoms with E-state index < -0.39 is 0 Å². The summed E-state index contributed by atoms with van der Waals surface area (Å²) in [5.74, 6) is 0.879. The van der Waals surface area contributed by atoms with Gasteiger partial charge in [0.1, 0.15) is 0 Å². The summed E-state index contributed by atoms with van der Waals surface area (Å²) in [6.45, 7) is 3.38. The predicted molar refractivity (Wildman–Crippen MR) is 69.0 cm³/mol. The lowest BCUT2D eigenvalue weighted by Gasteiger charge is -2.22. The molecule has 0 aliphatic heterocycles. The minimum atomic E-state index is -0.206. The second-order valence-electron chi connectivity index (χ2n) is 5.86. The maximum atomic E-state index is 10.0. The largest absolute Gasteiger partial charge is 0.388 e. The third-order valence-corrected chi connectivity index (χ3v) is 4.61. The maximum Gasteiger partial charge on any atom is 0.0807 e. The Balaban J connectivity index is 1.87. The first-order valence-corrected chi connectivity index (χ1v) is 7.12. The van der Waals surface area contributed by atoms with Gasteiger partial charge in [-0.25, -0.2) is 0 Å². The predicted octanol–water partition coefficient (Wildman–Crippen LogP) is 3.36. The minimum absolute atomic E-state index is 0.206. The molecule has 17 heavy (non-hydrogen) atoms. The Morgan fingerprint density at radius 3 is 2.76 bits per heavy atom. The zero-order valence-corrected chi connectivity index (χ0v) is 10.8. The van der Waals surface area contributed by atoms with Crippen LogP contribution >= 0.6 is 0 Å². The summed E-state index contributed by atoms with van der Waals surface area (Å²) in [5, 5.41) is 10.0. The molecule has 0 spiro atoms. The summed E-state index contributed by atoms with van der Waals surface area (Å²) in [4.78, 5) is 0. The number of nitrogens with zero attached hydrogens (tertiary/aromatic N) is 1. The Morgan fingerprint density at radius 2 is 2.00 bits per heavy atom. The minimum Gasteiger partial charge on any atom is -0.388 e. The zero-order valence-electron chi connectivity index (χ0n) is 10.8. The molecule has 0 amide bonds. The van der Waals surface area contributed by atoms with E-state index >= 15 is 0 Å². The lowest BCUT2D eigenvalue weighted by atomic mass is 9.95. The molecule has 1 aromatic rings. The Labute approximate surface area is 104 Å². The monoisotopic (exact) mass is 233 g/mol. The van der Waals surface area contributed by atoms with Gasteiger partial charge in [0.2, 0.25) is 0 Å². The number of aryl methyl sites for hydroxylation is 1. The first-order valence-electron chi connectivity index (χ1n) is 7.12. The van der Waals surface area contributed by atoms with Gasteiger partial charge in [-0.1, -0.05) is 12.8 Å². The molecule has 1 aromatic heterocycles. The molecule has 1 atom stereocenters. The number of aliphatic hydroxyl groups is 1. The van der Waals surface area contributed by atoms with Crippen LogP contribution in [0.4, 0.5) is 0 Å². The third-order valence-electron chi connectivity index (χ3n) is 4.61. The van der Waals surface area contributed by atoms with Gasteiger partial charge in [0, 0.05) is 23.5 Å². The Bertz CT molecular complexity index is 401. The van der Waals surface area contributed by atoms with Crippen molar-refractivity contribution in [3.63, 3.8) is 0 Å². The first-order chi connectivity index (χ1) is 8.25. The fourth-order valence-electron chi connectivity index (χ4n) is 3.65. The summed E-state index contributed by atoms with van der Waals surface area (Å²) in [6, 6.07) is 2.22. The van der Waals surface area contributed by atoms with E-state index in [1.54, 1.807) is 0 Å². The van der Waals surface area contributed by atoms with Gasteiger partial charge < -0.3 is 9.67 Å². The summed E-state index contributed by atoms with van der Waals surface area (Å²) in [5.41, 5.74) is 3.99. The highest BCUT2D eigenvalue weighted by Crippen LogP contribution is 2.34. The lowest BCUT2D eigenvalue weighted by molar-refractivity contribution is 0.155. The molecule has 2 aliphatic carbocycles. The fourth-order valence-corrected chi connectivity index (χ4v) is 3.65. The highest BCUT2D eigenvalue weighted by atomic mass is 16.3. The fraction of sp³-hybridized carbons (Fsp3) is 0.733.